The Morgan fingerprint density at radius 1 is 1.29 bits per heavy atom. The number of carbonyl (C=O) groups is 1. The maximum absolute atomic E-state index is 11.2. The van der Waals surface area contributed by atoms with Crippen molar-refractivity contribution in [2.45, 2.75) is 13.5 Å². The van der Waals surface area contributed by atoms with Crippen molar-refractivity contribution in [1.82, 2.24) is 4.90 Å². The average molecular weight is 298 g/mol. The maximum Gasteiger partial charge on any atom is 0.219 e. The molecule has 0 bridgehead atoms. The Morgan fingerprint density at radius 3 is 2.41 bits per heavy atom. The first kappa shape index (κ1) is 12.6. The zero-order valence-electron chi connectivity index (χ0n) is 10.1. The number of halogens is 1. The SMILES string of the molecule is CC(=O)N1CC[NH+](Cc2ccc(Br)cc2)CC1. The van der Waals surface area contributed by atoms with Crippen LogP contribution < -0.4 is 4.90 Å². The second-order valence-electron chi connectivity index (χ2n) is 4.56. The van der Waals surface area contributed by atoms with Crippen LogP contribution in [0.1, 0.15) is 12.5 Å². The molecule has 1 aromatic rings. The third-order valence-corrected chi connectivity index (χ3v) is 3.81. The van der Waals surface area contributed by atoms with Crippen molar-refractivity contribution in [3.05, 3.63) is 34.3 Å². The molecule has 1 fully saturated rings. The lowest BCUT2D eigenvalue weighted by Gasteiger charge is -2.31. The molecule has 92 valence electrons. The predicted molar refractivity (Wildman–Crippen MR) is 70.8 cm³/mol. The van der Waals surface area contributed by atoms with E-state index in [1.165, 1.54) is 5.56 Å². The molecule has 0 unspecified atom stereocenters. The summed E-state index contributed by atoms with van der Waals surface area (Å²) in [7, 11) is 0. The van der Waals surface area contributed by atoms with Gasteiger partial charge in [0.25, 0.3) is 0 Å². The third kappa shape index (κ3) is 3.54. The largest absolute Gasteiger partial charge is 0.332 e. The molecule has 0 saturated carbocycles. The number of benzene rings is 1. The van der Waals surface area contributed by atoms with E-state index in [9.17, 15) is 4.79 Å². The maximum atomic E-state index is 11.2. The molecule has 0 spiro atoms. The van der Waals surface area contributed by atoms with E-state index in [0.717, 1.165) is 37.2 Å². The van der Waals surface area contributed by atoms with Crippen LogP contribution in [0, 0.1) is 0 Å². The fourth-order valence-electron chi connectivity index (χ4n) is 2.21. The van der Waals surface area contributed by atoms with Crippen molar-refractivity contribution >= 4 is 21.8 Å². The van der Waals surface area contributed by atoms with E-state index in [2.05, 4.69) is 40.2 Å². The first-order valence-electron chi connectivity index (χ1n) is 5.98. The van der Waals surface area contributed by atoms with Crippen molar-refractivity contribution in [2.75, 3.05) is 26.2 Å². The summed E-state index contributed by atoms with van der Waals surface area (Å²) in [6.07, 6.45) is 0. The zero-order valence-corrected chi connectivity index (χ0v) is 11.7. The number of amides is 1. The van der Waals surface area contributed by atoms with Crippen LogP contribution in [-0.2, 0) is 11.3 Å². The lowest BCUT2D eigenvalue weighted by molar-refractivity contribution is -0.917. The highest BCUT2D eigenvalue weighted by molar-refractivity contribution is 9.10. The number of quaternary nitrogens is 1. The highest BCUT2D eigenvalue weighted by Crippen LogP contribution is 2.09. The van der Waals surface area contributed by atoms with Gasteiger partial charge in [-0.3, -0.25) is 4.79 Å². The molecule has 1 amide bonds. The predicted octanol–water partition coefficient (Wildman–Crippen LogP) is 0.696. The van der Waals surface area contributed by atoms with Gasteiger partial charge in [0, 0.05) is 17.0 Å². The lowest BCUT2D eigenvalue weighted by atomic mass is 10.2. The van der Waals surface area contributed by atoms with Gasteiger partial charge in [0.15, 0.2) is 0 Å². The van der Waals surface area contributed by atoms with Crippen LogP contribution in [0.25, 0.3) is 0 Å². The molecule has 17 heavy (non-hydrogen) atoms. The van der Waals surface area contributed by atoms with E-state index < -0.39 is 0 Å². The molecule has 1 N–H and O–H groups in total. The van der Waals surface area contributed by atoms with Gasteiger partial charge in [-0.15, -0.1) is 0 Å². The fraction of sp³-hybridized carbons (Fsp3) is 0.462. The molecule has 2 rings (SSSR count). The summed E-state index contributed by atoms with van der Waals surface area (Å²) in [5.41, 5.74) is 1.36. The molecule has 4 heteroatoms. The van der Waals surface area contributed by atoms with Crippen LogP contribution in [0.15, 0.2) is 28.7 Å². The topological polar surface area (TPSA) is 24.8 Å². The first-order chi connectivity index (χ1) is 8.15. The smallest absolute Gasteiger partial charge is 0.219 e. The lowest BCUT2D eigenvalue weighted by Crippen LogP contribution is -3.13. The van der Waals surface area contributed by atoms with Crippen LogP contribution >= 0.6 is 15.9 Å². The van der Waals surface area contributed by atoms with E-state index in [1.54, 1.807) is 11.8 Å². The summed E-state index contributed by atoms with van der Waals surface area (Å²) in [5, 5.41) is 0. The number of carbonyl (C=O) groups excluding carboxylic acids is 1. The number of hydrogen-bond donors (Lipinski definition) is 1. The normalized spacial score (nSPS) is 17.2. The second kappa shape index (κ2) is 5.65. The van der Waals surface area contributed by atoms with Crippen LogP contribution in [0.2, 0.25) is 0 Å². The Morgan fingerprint density at radius 2 is 1.88 bits per heavy atom. The molecule has 0 radical (unpaired) electrons. The van der Waals surface area contributed by atoms with Gasteiger partial charge in [0.2, 0.25) is 5.91 Å². The highest BCUT2D eigenvalue weighted by atomic mass is 79.9. The van der Waals surface area contributed by atoms with Gasteiger partial charge in [0.1, 0.15) is 6.54 Å². The van der Waals surface area contributed by atoms with Gasteiger partial charge in [-0.25, -0.2) is 0 Å². The molecule has 1 aliphatic rings. The highest BCUT2D eigenvalue weighted by Gasteiger charge is 2.21. The monoisotopic (exact) mass is 297 g/mol. The molecule has 1 aliphatic heterocycles. The summed E-state index contributed by atoms with van der Waals surface area (Å²) < 4.78 is 1.12. The Hall–Kier alpha value is -0.870. The number of rotatable bonds is 2. The summed E-state index contributed by atoms with van der Waals surface area (Å²) >= 11 is 3.44. The minimum absolute atomic E-state index is 0.202. The summed E-state index contributed by atoms with van der Waals surface area (Å²) in [5.74, 6) is 0.202. The molecule has 1 aromatic carbocycles. The minimum Gasteiger partial charge on any atom is -0.332 e. The van der Waals surface area contributed by atoms with Gasteiger partial charge in [-0.05, 0) is 12.1 Å². The molecular formula is C13H18BrN2O+. The van der Waals surface area contributed by atoms with Crippen molar-refractivity contribution in [3.8, 4) is 0 Å². The summed E-state index contributed by atoms with van der Waals surface area (Å²) in [6, 6.07) is 8.49. The molecule has 0 aromatic heterocycles. The average Bonchev–Trinajstić information content (AvgIpc) is 2.33. The third-order valence-electron chi connectivity index (χ3n) is 3.28. The quantitative estimate of drug-likeness (QED) is 0.854. The molecule has 0 atom stereocenters. The van der Waals surface area contributed by atoms with E-state index in [0.29, 0.717) is 0 Å². The standard InChI is InChI=1S/C13H17BrN2O/c1-11(17)16-8-6-15(7-9-16)10-12-2-4-13(14)5-3-12/h2-5H,6-10H2,1H3/p+1. The second-order valence-corrected chi connectivity index (χ2v) is 5.47. The molecule has 3 nitrogen and oxygen atoms in total. The van der Waals surface area contributed by atoms with E-state index in [-0.39, 0.29) is 5.91 Å². The molecule has 0 aliphatic carbocycles. The zero-order chi connectivity index (χ0) is 12.3. The van der Waals surface area contributed by atoms with Gasteiger partial charge in [0.05, 0.1) is 26.2 Å². The Labute approximate surface area is 111 Å². The molecule has 1 saturated heterocycles. The van der Waals surface area contributed by atoms with Crippen LogP contribution in [0.5, 0.6) is 0 Å². The van der Waals surface area contributed by atoms with Crippen molar-refractivity contribution in [3.63, 3.8) is 0 Å². The van der Waals surface area contributed by atoms with Crippen molar-refractivity contribution in [1.29, 1.82) is 0 Å². The fourth-order valence-corrected chi connectivity index (χ4v) is 2.47. The van der Waals surface area contributed by atoms with Crippen molar-refractivity contribution in [2.24, 2.45) is 0 Å². The van der Waals surface area contributed by atoms with Crippen LogP contribution in [0.3, 0.4) is 0 Å². The van der Waals surface area contributed by atoms with Gasteiger partial charge in [-0.2, -0.15) is 0 Å². The number of hydrogen-bond acceptors (Lipinski definition) is 1. The van der Waals surface area contributed by atoms with Crippen LogP contribution in [-0.4, -0.2) is 37.0 Å². The number of nitrogens with zero attached hydrogens (tertiary/aromatic N) is 1. The van der Waals surface area contributed by atoms with Gasteiger partial charge < -0.3 is 9.80 Å². The van der Waals surface area contributed by atoms with E-state index >= 15 is 0 Å². The van der Waals surface area contributed by atoms with E-state index in [4.69, 9.17) is 0 Å². The number of piperazine rings is 1. The van der Waals surface area contributed by atoms with E-state index in [1.807, 2.05) is 4.90 Å². The van der Waals surface area contributed by atoms with Crippen molar-refractivity contribution < 1.29 is 9.69 Å². The summed E-state index contributed by atoms with van der Waals surface area (Å²) in [4.78, 5) is 14.7. The Bertz CT molecular complexity index is 383. The molecular weight excluding hydrogens is 280 g/mol. The summed E-state index contributed by atoms with van der Waals surface area (Å²) in [6.45, 7) is 6.59. The molecule has 1 heterocycles. The Balaban J connectivity index is 1.85. The number of nitrogens with one attached hydrogen (secondary N) is 1. The van der Waals surface area contributed by atoms with Gasteiger partial charge in [-0.1, -0.05) is 28.1 Å². The first-order valence-corrected chi connectivity index (χ1v) is 6.78. The van der Waals surface area contributed by atoms with Crippen LogP contribution in [0.4, 0.5) is 0 Å². The Kier molecular flexibility index (Phi) is 4.18. The minimum atomic E-state index is 0.202. The van der Waals surface area contributed by atoms with Gasteiger partial charge >= 0.3 is 0 Å².